The molecule has 23 heavy (non-hydrogen) atoms. The minimum atomic E-state index is -0.179. The molecule has 0 radical (unpaired) electrons. The van der Waals surface area contributed by atoms with Gasteiger partial charge in [-0.25, -0.2) is 4.98 Å². The first kappa shape index (κ1) is 15.2. The first-order chi connectivity index (χ1) is 11.1. The van der Waals surface area contributed by atoms with Crippen LogP contribution in [0.4, 0.5) is 5.82 Å². The minimum Gasteiger partial charge on any atom is -0.306 e. The Kier molecular flexibility index (Phi) is 4.10. The van der Waals surface area contributed by atoms with Crippen LogP contribution in [0.2, 0.25) is 0 Å². The van der Waals surface area contributed by atoms with Gasteiger partial charge in [-0.05, 0) is 24.3 Å². The zero-order valence-electron chi connectivity index (χ0n) is 13.6. The molecular formula is C18H20N4O. The maximum Gasteiger partial charge on any atom is 0.260 e. The van der Waals surface area contributed by atoms with E-state index in [0.717, 1.165) is 23.0 Å². The summed E-state index contributed by atoms with van der Waals surface area (Å²) in [5, 5.41) is 9.19. The third kappa shape index (κ3) is 3.08. The standard InChI is InChI=1S/C18H20N4O/c1-12(2)11-22-13(3)16(10-20-22)18(23)21-17-15-7-5-4-6-14(15)8-9-19-17/h4-10,12H,11H2,1-3H3,(H,19,21,23). The Labute approximate surface area is 135 Å². The Bertz CT molecular complexity index is 846. The molecule has 1 amide bonds. The zero-order chi connectivity index (χ0) is 16.4. The number of aromatic nitrogens is 3. The fraction of sp³-hybridized carbons (Fsp3) is 0.278. The fourth-order valence-electron chi connectivity index (χ4n) is 2.59. The summed E-state index contributed by atoms with van der Waals surface area (Å²) in [6.07, 6.45) is 3.32. The van der Waals surface area contributed by atoms with Crippen molar-refractivity contribution in [2.24, 2.45) is 5.92 Å². The quantitative estimate of drug-likeness (QED) is 0.800. The SMILES string of the molecule is Cc1c(C(=O)Nc2nccc3ccccc23)cnn1CC(C)C. The van der Waals surface area contributed by atoms with Crippen LogP contribution in [0.3, 0.4) is 0 Å². The monoisotopic (exact) mass is 308 g/mol. The van der Waals surface area contributed by atoms with Crippen LogP contribution in [0.25, 0.3) is 10.8 Å². The summed E-state index contributed by atoms with van der Waals surface area (Å²) in [6.45, 7) is 6.97. The van der Waals surface area contributed by atoms with Gasteiger partial charge in [0.2, 0.25) is 0 Å². The van der Waals surface area contributed by atoms with E-state index >= 15 is 0 Å². The van der Waals surface area contributed by atoms with Gasteiger partial charge in [0.05, 0.1) is 11.8 Å². The van der Waals surface area contributed by atoms with E-state index in [9.17, 15) is 4.79 Å². The van der Waals surface area contributed by atoms with Crippen LogP contribution in [-0.2, 0) is 6.54 Å². The van der Waals surface area contributed by atoms with Gasteiger partial charge in [-0.2, -0.15) is 5.10 Å². The molecule has 118 valence electrons. The van der Waals surface area contributed by atoms with Crippen LogP contribution in [0.1, 0.15) is 29.9 Å². The Morgan fingerprint density at radius 1 is 1.26 bits per heavy atom. The molecule has 2 aromatic heterocycles. The average Bonchev–Trinajstić information content (AvgIpc) is 2.88. The molecule has 0 saturated heterocycles. The summed E-state index contributed by atoms with van der Waals surface area (Å²) in [5.74, 6) is 0.870. The molecule has 0 aliphatic heterocycles. The van der Waals surface area contributed by atoms with Crippen molar-refractivity contribution in [3.63, 3.8) is 0 Å². The largest absolute Gasteiger partial charge is 0.306 e. The number of pyridine rings is 1. The molecule has 1 aromatic carbocycles. The van der Waals surface area contributed by atoms with Crippen LogP contribution in [0.15, 0.2) is 42.7 Å². The average molecular weight is 308 g/mol. The highest BCUT2D eigenvalue weighted by Gasteiger charge is 2.16. The highest BCUT2D eigenvalue weighted by Crippen LogP contribution is 2.21. The van der Waals surface area contributed by atoms with Crippen LogP contribution >= 0.6 is 0 Å². The number of nitrogens with zero attached hydrogens (tertiary/aromatic N) is 3. The molecule has 0 aliphatic carbocycles. The van der Waals surface area contributed by atoms with Crippen molar-refractivity contribution in [1.82, 2.24) is 14.8 Å². The summed E-state index contributed by atoms with van der Waals surface area (Å²) in [5.41, 5.74) is 1.46. The molecular weight excluding hydrogens is 288 g/mol. The summed E-state index contributed by atoms with van der Waals surface area (Å²) < 4.78 is 1.87. The number of anilines is 1. The van der Waals surface area contributed by atoms with E-state index < -0.39 is 0 Å². The Balaban J connectivity index is 1.88. The van der Waals surface area contributed by atoms with Crippen LogP contribution < -0.4 is 5.32 Å². The van der Waals surface area contributed by atoms with Crippen LogP contribution in [-0.4, -0.2) is 20.7 Å². The summed E-state index contributed by atoms with van der Waals surface area (Å²) in [7, 11) is 0. The maximum atomic E-state index is 12.6. The van der Waals surface area contributed by atoms with Gasteiger partial charge < -0.3 is 5.32 Å². The van der Waals surface area contributed by atoms with Gasteiger partial charge in [0, 0.05) is 23.8 Å². The van der Waals surface area contributed by atoms with E-state index in [0.29, 0.717) is 17.3 Å². The Hall–Kier alpha value is -2.69. The molecule has 5 nitrogen and oxygen atoms in total. The van der Waals surface area contributed by atoms with Gasteiger partial charge in [-0.15, -0.1) is 0 Å². The third-order valence-electron chi connectivity index (χ3n) is 3.79. The van der Waals surface area contributed by atoms with Crippen molar-refractivity contribution in [1.29, 1.82) is 0 Å². The minimum absolute atomic E-state index is 0.179. The third-order valence-corrected chi connectivity index (χ3v) is 3.79. The number of hydrogen-bond acceptors (Lipinski definition) is 3. The highest BCUT2D eigenvalue weighted by molar-refractivity contribution is 6.08. The van der Waals surface area contributed by atoms with Crippen molar-refractivity contribution in [2.45, 2.75) is 27.3 Å². The predicted molar refractivity (Wildman–Crippen MR) is 91.5 cm³/mol. The molecule has 0 unspecified atom stereocenters. The lowest BCUT2D eigenvalue weighted by atomic mass is 10.1. The Morgan fingerprint density at radius 2 is 2.04 bits per heavy atom. The summed E-state index contributed by atoms with van der Waals surface area (Å²) in [4.78, 5) is 16.9. The van der Waals surface area contributed by atoms with Crippen molar-refractivity contribution >= 4 is 22.5 Å². The number of carbonyl (C=O) groups excluding carboxylic acids is 1. The Morgan fingerprint density at radius 3 is 2.83 bits per heavy atom. The topological polar surface area (TPSA) is 59.8 Å². The van der Waals surface area contributed by atoms with Crippen LogP contribution in [0.5, 0.6) is 0 Å². The van der Waals surface area contributed by atoms with Crippen molar-refractivity contribution in [3.05, 3.63) is 54.0 Å². The summed E-state index contributed by atoms with van der Waals surface area (Å²) in [6, 6.07) is 9.78. The number of amides is 1. The molecule has 0 fully saturated rings. The van der Waals surface area contributed by atoms with E-state index in [1.165, 1.54) is 0 Å². The number of fused-ring (bicyclic) bond motifs is 1. The second-order valence-electron chi connectivity index (χ2n) is 6.05. The van der Waals surface area contributed by atoms with Gasteiger partial charge in [0.1, 0.15) is 5.82 Å². The lowest BCUT2D eigenvalue weighted by molar-refractivity contribution is 0.102. The van der Waals surface area contributed by atoms with Gasteiger partial charge in [0.25, 0.3) is 5.91 Å². The molecule has 3 rings (SSSR count). The zero-order valence-corrected chi connectivity index (χ0v) is 13.6. The van der Waals surface area contributed by atoms with Crippen molar-refractivity contribution < 1.29 is 4.79 Å². The van der Waals surface area contributed by atoms with Gasteiger partial charge >= 0.3 is 0 Å². The molecule has 0 bridgehead atoms. The fourth-order valence-corrected chi connectivity index (χ4v) is 2.59. The van der Waals surface area contributed by atoms with Gasteiger partial charge in [-0.3, -0.25) is 9.48 Å². The van der Waals surface area contributed by atoms with Gasteiger partial charge in [0.15, 0.2) is 0 Å². The summed E-state index contributed by atoms with van der Waals surface area (Å²) >= 11 is 0. The molecule has 1 N–H and O–H groups in total. The van der Waals surface area contributed by atoms with E-state index in [2.05, 4.69) is 29.2 Å². The molecule has 2 heterocycles. The van der Waals surface area contributed by atoms with E-state index in [4.69, 9.17) is 0 Å². The molecule has 3 aromatic rings. The lowest BCUT2D eigenvalue weighted by Gasteiger charge is -2.09. The normalized spacial score (nSPS) is 11.1. The second-order valence-corrected chi connectivity index (χ2v) is 6.05. The molecule has 0 aliphatic rings. The molecule has 0 saturated carbocycles. The molecule has 5 heteroatoms. The van der Waals surface area contributed by atoms with Gasteiger partial charge in [-0.1, -0.05) is 38.1 Å². The highest BCUT2D eigenvalue weighted by atomic mass is 16.1. The second kappa shape index (κ2) is 6.20. The van der Waals surface area contributed by atoms with Crippen molar-refractivity contribution in [2.75, 3.05) is 5.32 Å². The van der Waals surface area contributed by atoms with Crippen molar-refractivity contribution in [3.8, 4) is 0 Å². The lowest BCUT2D eigenvalue weighted by Crippen LogP contribution is -2.15. The van der Waals surface area contributed by atoms with E-state index in [1.54, 1.807) is 12.4 Å². The molecule has 0 atom stereocenters. The van der Waals surface area contributed by atoms with Crippen LogP contribution in [0, 0.1) is 12.8 Å². The number of hydrogen-bond donors (Lipinski definition) is 1. The van der Waals surface area contributed by atoms with E-state index in [-0.39, 0.29) is 5.91 Å². The number of rotatable bonds is 4. The first-order valence-corrected chi connectivity index (χ1v) is 7.73. The smallest absolute Gasteiger partial charge is 0.260 e. The number of carbonyl (C=O) groups is 1. The number of benzene rings is 1. The maximum absolute atomic E-state index is 12.6. The molecule has 0 spiro atoms. The van der Waals surface area contributed by atoms with E-state index in [1.807, 2.05) is 41.9 Å². The number of nitrogens with one attached hydrogen (secondary N) is 1. The first-order valence-electron chi connectivity index (χ1n) is 7.73. The predicted octanol–water partition coefficient (Wildman–Crippen LogP) is 3.65.